The highest BCUT2D eigenvalue weighted by Crippen LogP contribution is 2.25. The third kappa shape index (κ3) is 5.62. The molecule has 1 saturated heterocycles. The van der Waals surface area contributed by atoms with E-state index in [0.717, 1.165) is 12.8 Å². The summed E-state index contributed by atoms with van der Waals surface area (Å²) in [6.07, 6.45) is 3.77. The van der Waals surface area contributed by atoms with Gasteiger partial charge in [-0.1, -0.05) is 13.3 Å². The second-order valence-corrected chi connectivity index (χ2v) is 5.96. The Morgan fingerprint density at radius 3 is 2.78 bits per heavy atom. The average molecular weight is 274 g/mol. The molecule has 0 radical (unpaired) electrons. The van der Waals surface area contributed by atoms with Crippen LogP contribution in [0.2, 0.25) is 0 Å². The lowest BCUT2D eigenvalue weighted by Crippen LogP contribution is -2.41. The number of carboxylic acids is 1. The van der Waals surface area contributed by atoms with Gasteiger partial charge >= 0.3 is 12.0 Å². The summed E-state index contributed by atoms with van der Waals surface area (Å²) in [6.45, 7) is 2.81. The van der Waals surface area contributed by atoms with Crippen LogP contribution in [-0.2, 0) is 4.79 Å². The molecule has 1 rings (SSSR count). The Morgan fingerprint density at radius 1 is 1.44 bits per heavy atom. The molecule has 2 atom stereocenters. The Kier molecular flexibility index (Phi) is 6.93. The van der Waals surface area contributed by atoms with Crippen molar-refractivity contribution in [1.82, 2.24) is 10.6 Å². The summed E-state index contributed by atoms with van der Waals surface area (Å²) >= 11 is 1.89. The van der Waals surface area contributed by atoms with Gasteiger partial charge in [0.15, 0.2) is 0 Å². The van der Waals surface area contributed by atoms with Crippen molar-refractivity contribution in [1.29, 1.82) is 0 Å². The zero-order chi connectivity index (χ0) is 13.4. The first-order valence-corrected chi connectivity index (χ1v) is 7.54. The molecule has 1 heterocycles. The van der Waals surface area contributed by atoms with Crippen LogP contribution in [0.1, 0.15) is 32.6 Å². The van der Waals surface area contributed by atoms with Crippen molar-refractivity contribution in [2.24, 2.45) is 5.92 Å². The van der Waals surface area contributed by atoms with E-state index in [2.05, 4.69) is 10.6 Å². The SMILES string of the molecule is CCCC(CNC(=O)NCC1CCCS1)C(=O)O. The van der Waals surface area contributed by atoms with Gasteiger partial charge in [0.1, 0.15) is 0 Å². The monoisotopic (exact) mass is 274 g/mol. The minimum atomic E-state index is -0.844. The highest BCUT2D eigenvalue weighted by atomic mass is 32.2. The predicted octanol–water partition coefficient (Wildman–Crippen LogP) is 1.68. The molecule has 2 unspecified atom stereocenters. The number of hydrogen-bond donors (Lipinski definition) is 3. The molecule has 0 aliphatic carbocycles. The Bertz CT molecular complexity index is 280. The first kappa shape index (κ1) is 15.1. The molecule has 0 aromatic rings. The average Bonchev–Trinajstić information content (AvgIpc) is 2.84. The van der Waals surface area contributed by atoms with E-state index in [0.29, 0.717) is 18.2 Å². The molecule has 0 bridgehead atoms. The number of hydrogen-bond acceptors (Lipinski definition) is 3. The maximum atomic E-state index is 11.5. The first-order chi connectivity index (χ1) is 8.63. The van der Waals surface area contributed by atoms with Crippen LogP contribution in [0.3, 0.4) is 0 Å². The molecular formula is C12H22N2O3S. The third-order valence-corrected chi connectivity index (χ3v) is 4.41. The van der Waals surface area contributed by atoms with Gasteiger partial charge < -0.3 is 15.7 Å². The fourth-order valence-corrected chi connectivity index (χ4v) is 3.15. The van der Waals surface area contributed by atoms with E-state index in [4.69, 9.17) is 5.11 Å². The second kappa shape index (κ2) is 8.24. The van der Waals surface area contributed by atoms with E-state index in [9.17, 15) is 9.59 Å². The summed E-state index contributed by atoms with van der Waals surface area (Å²) in [7, 11) is 0. The summed E-state index contributed by atoms with van der Waals surface area (Å²) in [4.78, 5) is 22.4. The minimum Gasteiger partial charge on any atom is -0.481 e. The van der Waals surface area contributed by atoms with Crippen molar-refractivity contribution >= 4 is 23.8 Å². The maximum Gasteiger partial charge on any atom is 0.314 e. The Hall–Kier alpha value is -0.910. The molecule has 5 nitrogen and oxygen atoms in total. The van der Waals surface area contributed by atoms with Crippen molar-refractivity contribution in [3.05, 3.63) is 0 Å². The first-order valence-electron chi connectivity index (χ1n) is 6.49. The molecule has 1 aliphatic heterocycles. The fraction of sp³-hybridized carbons (Fsp3) is 0.833. The van der Waals surface area contributed by atoms with Crippen LogP contribution in [0.5, 0.6) is 0 Å². The van der Waals surface area contributed by atoms with Gasteiger partial charge in [0.25, 0.3) is 0 Å². The van der Waals surface area contributed by atoms with Gasteiger partial charge in [0, 0.05) is 18.3 Å². The summed E-state index contributed by atoms with van der Waals surface area (Å²) in [5.41, 5.74) is 0. The second-order valence-electron chi connectivity index (χ2n) is 4.55. The van der Waals surface area contributed by atoms with Crippen molar-refractivity contribution < 1.29 is 14.7 Å². The molecule has 1 fully saturated rings. The molecule has 3 N–H and O–H groups in total. The van der Waals surface area contributed by atoms with Crippen LogP contribution in [0.25, 0.3) is 0 Å². The van der Waals surface area contributed by atoms with E-state index in [-0.39, 0.29) is 12.6 Å². The molecule has 1 aliphatic rings. The maximum absolute atomic E-state index is 11.5. The number of nitrogens with one attached hydrogen (secondary N) is 2. The Labute approximate surface area is 112 Å². The summed E-state index contributed by atoms with van der Waals surface area (Å²) < 4.78 is 0. The quantitative estimate of drug-likeness (QED) is 0.660. The lowest BCUT2D eigenvalue weighted by atomic mass is 10.0. The van der Waals surface area contributed by atoms with Gasteiger partial charge in [-0.15, -0.1) is 0 Å². The van der Waals surface area contributed by atoms with E-state index < -0.39 is 11.9 Å². The smallest absolute Gasteiger partial charge is 0.314 e. The fourth-order valence-electron chi connectivity index (χ4n) is 1.95. The van der Waals surface area contributed by atoms with Crippen LogP contribution in [0, 0.1) is 5.92 Å². The van der Waals surface area contributed by atoms with Gasteiger partial charge in [0.05, 0.1) is 5.92 Å². The van der Waals surface area contributed by atoms with Crippen LogP contribution >= 0.6 is 11.8 Å². The number of urea groups is 1. The van der Waals surface area contributed by atoms with Crippen molar-refractivity contribution in [3.63, 3.8) is 0 Å². The lowest BCUT2D eigenvalue weighted by molar-refractivity contribution is -0.141. The van der Waals surface area contributed by atoms with Gasteiger partial charge in [-0.3, -0.25) is 4.79 Å². The van der Waals surface area contributed by atoms with Crippen molar-refractivity contribution in [2.45, 2.75) is 37.9 Å². The third-order valence-electron chi connectivity index (χ3n) is 3.01. The number of thioether (sulfide) groups is 1. The summed E-state index contributed by atoms with van der Waals surface area (Å²) in [5.74, 6) is -0.156. The lowest BCUT2D eigenvalue weighted by Gasteiger charge is -2.14. The van der Waals surface area contributed by atoms with E-state index in [1.807, 2.05) is 18.7 Å². The van der Waals surface area contributed by atoms with Crippen molar-refractivity contribution in [3.8, 4) is 0 Å². The topological polar surface area (TPSA) is 78.4 Å². The molecule has 0 saturated carbocycles. The van der Waals surface area contributed by atoms with E-state index >= 15 is 0 Å². The predicted molar refractivity (Wildman–Crippen MR) is 72.9 cm³/mol. The standard InChI is InChI=1S/C12H22N2O3S/c1-2-4-9(11(15)16)7-13-12(17)14-8-10-5-3-6-18-10/h9-10H,2-8H2,1H3,(H,15,16)(H2,13,14,17). The van der Waals surface area contributed by atoms with Gasteiger partial charge in [-0.2, -0.15) is 11.8 Å². The van der Waals surface area contributed by atoms with E-state index in [1.54, 1.807) is 0 Å². The molecule has 0 aromatic carbocycles. The van der Waals surface area contributed by atoms with Gasteiger partial charge in [-0.05, 0) is 25.0 Å². The molecule has 0 aromatic heterocycles. The summed E-state index contributed by atoms with van der Waals surface area (Å²) in [5, 5.41) is 14.9. The molecule has 104 valence electrons. The minimum absolute atomic E-state index is 0.201. The zero-order valence-electron chi connectivity index (χ0n) is 10.8. The Balaban J connectivity index is 2.16. The highest BCUT2D eigenvalue weighted by molar-refractivity contribution is 8.00. The molecule has 2 amide bonds. The van der Waals surface area contributed by atoms with Crippen LogP contribution < -0.4 is 10.6 Å². The van der Waals surface area contributed by atoms with Gasteiger partial charge in [-0.25, -0.2) is 4.79 Å². The Morgan fingerprint density at radius 2 is 2.22 bits per heavy atom. The number of carbonyl (C=O) groups is 2. The number of aliphatic carboxylic acids is 1. The molecule has 0 spiro atoms. The normalized spacial score (nSPS) is 20.4. The molecular weight excluding hydrogens is 252 g/mol. The van der Waals surface area contributed by atoms with Crippen molar-refractivity contribution in [2.75, 3.05) is 18.8 Å². The number of amides is 2. The zero-order valence-corrected chi connectivity index (χ0v) is 11.6. The molecule has 18 heavy (non-hydrogen) atoms. The molecule has 6 heteroatoms. The number of carbonyl (C=O) groups excluding carboxylic acids is 1. The highest BCUT2D eigenvalue weighted by Gasteiger charge is 2.18. The number of rotatable bonds is 7. The van der Waals surface area contributed by atoms with E-state index in [1.165, 1.54) is 12.2 Å². The summed E-state index contributed by atoms with van der Waals surface area (Å²) in [6, 6.07) is -0.259. The van der Waals surface area contributed by atoms with Crippen LogP contribution in [0.4, 0.5) is 4.79 Å². The van der Waals surface area contributed by atoms with Crippen LogP contribution in [-0.4, -0.2) is 41.2 Å². The largest absolute Gasteiger partial charge is 0.481 e. The van der Waals surface area contributed by atoms with Crippen LogP contribution in [0.15, 0.2) is 0 Å². The number of carboxylic acid groups (broad SMARTS) is 1. The van der Waals surface area contributed by atoms with Gasteiger partial charge in [0.2, 0.25) is 0 Å².